The second kappa shape index (κ2) is 9.58. The quantitative estimate of drug-likeness (QED) is 0.448. The van der Waals surface area contributed by atoms with Crippen LogP contribution in [-0.4, -0.2) is 51.4 Å². The summed E-state index contributed by atoms with van der Waals surface area (Å²) >= 11 is 1.41. The first-order valence-electron chi connectivity index (χ1n) is 9.09. The number of aryl methyl sites for hydroxylation is 2. The Balaban J connectivity index is 1.58. The Morgan fingerprint density at radius 2 is 1.93 bits per heavy atom. The summed E-state index contributed by atoms with van der Waals surface area (Å²) in [4.78, 5) is 11.6. The number of aliphatic hydroxyl groups excluding tert-OH is 1. The number of ether oxygens (including phenoxy) is 2. The van der Waals surface area contributed by atoms with E-state index in [1.165, 1.54) is 24.4 Å². The van der Waals surface area contributed by atoms with Gasteiger partial charge in [-0.25, -0.2) is 4.79 Å². The number of carbonyl (C=O) groups is 1. The lowest BCUT2D eigenvalue weighted by atomic mass is 10.2. The number of aromatic nitrogens is 3. The summed E-state index contributed by atoms with van der Waals surface area (Å²) in [6.07, 6.45) is -0.717. The van der Waals surface area contributed by atoms with Gasteiger partial charge in [0.15, 0.2) is 5.16 Å². The minimum Gasteiger partial charge on any atom is -0.491 e. The van der Waals surface area contributed by atoms with E-state index in [2.05, 4.69) is 10.2 Å². The van der Waals surface area contributed by atoms with Gasteiger partial charge in [-0.05, 0) is 44.2 Å². The van der Waals surface area contributed by atoms with Gasteiger partial charge in [-0.1, -0.05) is 35.5 Å². The lowest BCUT2D eigenvalue weighted by Gasteiger charge is -2.13. The Kier molecular flexibility index (Phi) is 6.90. The molecular formula is C21H23N3O4S. The molecule has 1 N–H and O–H groups in total. The van der Waals surface area contributed by atoms with Crippen molar-refractivity contribution in [2.75, 3.05) is 19.5 Å². The van der Waals surface area contributed by atoms with Crippen LogP contribution in [0.5, 0.6) is 5.75 Å². The van der Waals surface area contributed by atoms with Gasteiger partial charge in [0.05, 0.1) is 18.8 Å². The summed E-state index contributed by atoms with van der Waals surface area (Å²) < 4.78 is 12.3. The van der Waals surface area contributed by atoms with Gasteiger partial charge in [0.1, 0.15) is 18.2 Å². The summed E-state index contributed by atoms with van der Waals surface area (Å²) in [6, 6.07) is 14.8. The molecule has 7 nitrogen and oxygen atoms in total. The molecule has 1 unspecified atom stereocenters. The molecule has 1 atom stereocenters. The highest BCUT2D eigenvalue weighted by molar-refractivity contribution is 7.99. The Labute approximate surface area is 173 Å². The minimum absolute atomic E-state index is 0.0925. The van der Waals surface area contributed by atoms with Gasteiger partial charge in [-0.15, -0.1) is 10.2 Å². The second-order valence-corrected chi connectivity index (χ2v) is 7.48. The van der Waals surface area contributed by atoms with Gasteiger partial charge in [0.25, 0.3) is 0 Å². The Morgan fingerprint density at radius 3 is 2.66 bits per heavy atom. The van der Waals surface area contributed by atoms with Crippen LogP contribution in [0.15, 0.2) is 53.7 Å². The molecule has 2 aromatic carbocycles. The standard InChI is InChI=1S/C21H23N3O4S/c1-14-7-9-17(10-8-14)24-15(2)22-23-21(24)29-13-18(25)12-28-19-6-4-5-16(11-19)20(26)27-3/h4-11,18,25H,12-13H2,1-3H3. The third-order valence-electron chi connectivity index (χ3n) is 4.19. The molecule has 0 saturated heterocycles. The summed E-state index contributed by atoms with van der Waals surface area (Å²) in [5.74, 6) is 1.23. The Hall–Kier alpha value is -2.84. The summed E-state index contributed by atoms with van der Waals surface area (Å²) in [5, 5.41) is 19.4. The number of aliphatic hydroxyl groups is 1. The van der Waals surface area contributed by atoms with E-state index >= 15 is 0 Å². The molecule has 0 radical (unpaired) electrons. The zero-order valence-electron chi connectivity index (χ0n) is 16.5. The van der Waals surface area contributed by atoms with Crippen molar-refractivity contribution in [2.24, 2.45) is 0 Å². The lowest BCUT2D eigenvalue weighted by Crippen LogP contribution is -2.20. The van der Waals surface area contributed by atoms with Crippen molar-refractivity contribution in [2.45, 2.75) is 25.1 Å². The van der Waals surface area contributed by atoms with Crippen molar-refractivity contribution >= 4 is 17.7 Å². The molecule has 152 valence electrons. The third kappa shape index (κ3) is 5.36. The van der Waals surface area contributed by atoms with Crippen molar-refractivity contribution in [1.29, 1.82) is 0 Å². The molecule has 0 aliphatic heterocycles. The molecule has 0 saturated carbocycles. The SMILES string of the molecule is COC(=O)c1cccc(OCC(O)CSc2nnc(C)n2-c2ccc(C)cc2)c1. The normalized spacial score (nSPS) is 11.9. The number of nitrogens with zero attached hydrogens (tertiary/aromatic N) is 3. The van der Waals surface area contributed by atoms with E-state index in [-0.39, 0.29) is 6.61 Å². The largest absolute Gasteiger partial charge is 0.491 e. The molecule has 3 rings (SSSR count). The van der Waals surface area contributed by atoms with Crippen molar-refractivity contribution < 1.29 is 19.4 Å². The summed E-state index contributed by atoms with van der Waals surface area (Å²) in [7, 11) is 1.33. The van der Waals surface area contributed by atoms with E-state index in [1.807, 2.05) is 42.7 Å². The van der Waals surface area contributed by atoms with Crippen molar-refractivity contribution in [3.8, 4) is 11.4 Å². The minimum atomic E-state index is -0.717. The highest BCUT2D eigenvalue weighted by Gasteiger charge is 2.15. The number of hydrogen-bond acceptors (Lipinski definition) is 7. The predicted octanol–water partition coefficient (Wildman–Crippen LogP) is 3.20. The average Bonchev–Trinajstić information content (AvgIpc) is 3.11. The van der Waals surface area contributed by atoms with Gasteiger partial charge in [0, 0.05) is 11.4 Å². The van der Waals surface area contributed by atoms with Crippen molar-refractivity contribution in [1.82, 2.24) is 14.8 Å². The van der Waals surface area contributed by atoms with Crippen LogP contribution in [-0.2, 0) is 4.74 Å². The number of thioether (sulfide) groups is 1. The fourth-order valence-corrected chi connectivity index (χ4v) is 3.57. The number of carbonyl (C=O) groups excluding carboxylic acids is 1. The fraction of sp³-hybridized carbons (Fsp3) is 0.286. The van der Waals surface area contributed by atoms with E-state index in [4.69, 9.17) is 9.47 Å². The number of esters is 1. The van der Waals surface area contributed by atoms with Crippen LogP contribution in [0.2, 0.25) is 0 Å². The van der Waals surface area contributed by atoms with E-state index in [0.29, 0.717) is 22.2 Å². The van der Waals surface area contributed by atoms with Crippen LogP contribution in [0, 0.1) is 13.8 Å². The van der Waals surface area contributed by atoms with Gasteiger partial charge < -0.3 is 14.6 Å². The maximum Gasteiger partial charge on any atom is 0.337 e. The third-order valence-corrected chi connectivity index (χ3v) is 5.26. The predicted molar refractivity (Wildman–Crippen MR) is 111 cm³/mol. The van der Waals surface area contributed by atoms with E-state index in [9.17, 15) is 9.90 Å². The molecule has 0 aliphatic carbocycles. The monoisotopic (exact) mass is 413 g/mol. The molecule has 29 heavy (non-hydrogen) atoms. The molecule has 0 amide bonds. The Bertz CT molecular complexity index is 972. The van der Waals surface area contributed by atoms with E-state index in [0.717, 1.165) is 11.5 Å². The van der Waals surface area contributed by atoms with Crippen LogP contribution in [0.25, 0.3) is 5.69 Å². The Morgan fingerprint density at radius 1 is 1.17 bits per heavy atom. The van der Waals surface area contributed by atoms with Gasteiger partial charge in [-0.3, -0.25) is 4.57 Å². The van der Waals surface area contributed by atoms with Crippen LogP contribution in [0.4, 0.5) is 0 Å². The summed E-state index contributed by atoms with van der Waals surface area (Å²) in [5.41, 5.74) is 2.55. The first-order chi connectivity index (χ1) is 14.0. The maximum absolute atomic E-state index is 11.6. The first kappa shape index (κ1) is 20.9. The van der Waals surface area contributed by atoms with Gasteiger partial charge in [-0.2, -0.15) is 0 Å². The van der Waals surface area contributed by atoms with E-state index < -0.39 is 12.1 Å². The molecule has 3 aromatic rings. The van der Waals surface area contributed by atoms with Crippen molar-refractivity contribution in [3.63, 3.8) is 0 Å². The van der Waals surface area contributed by atoms with Crippen molar-refractivity contribution in [3.05, 3.63) is 65.5 Å². The molecule has 0 spiro atoms. The molecule has 1 aromatic heterocycles. The number of methoxy groups -OCH3 is 1. The topological polar surface area (TPSA) is 86.5 Å². The maximum atomic E-state index is 11.6. The molecule has 1 heterocycles. The van der Waals surface area contributed by atoms with Crippen LogP contribution in [0.1, 0.15) is 21.7 Å². The molecular weight excluding hydrogens is 390 g/mol. The average molecular weight is 413 g/mol. The first-order valence-corrected chi connectivity index (χ1v) is 10.1. The van der Waals surface area contributed by atoms with E-state index in [1.54, 1.807) is 24.3 Å². The molecule has 8 heteroatoms. The van der Waals surface area contributed by atoms with Gasteiger partial charge >= 0.3 is 5.97 Å². The lowest BCUT2D eigenvalue weighted by molar-refractivity contribution is 0.0600. The zero-order chi connectivity index (χ0) is 20.8. The second-order valence-electron chi connectivity index (χ2n) is 6.50. The fourth-order valence-electron chi connectivity index (χ4n) is 2.67. The van der Waals surface area contributed by atoms with Crippen LogP contribution < -0.4 is 4.74 Å². The number of benzene rings is 2. The number of hydrogen-bond donors (Lipinski definition) is 1. The van der Waals surface area contributed by atoms with Crippen LogP contribution in [0.3, 0.4) is 0 Å². The highest BCUT2D eigenvalue weighted by Crippen LogP contribution is 2.23. The van der Waals surface area contributed by atoms with Gasteiger partial charge in [0.2, 0.25) is 0 Å². The molecule has 0 aliphatic rings. The van der Waals surface area contributed by atoms with Crippen LogP contribution >= 0.6 is 11.8 Å². The number of rotatable bonds is 8. The smallest absolute Gasteiger partial charge is 0.337 e. The zero-order valence-corrected chi connectivity index (χ0v) is 17.3. The summed E-state index contributed by atoms with van der Waals surface area (Å²) in [6.45, 7) is 4.02. The molecule has 0 bridgehead atoms. The highest BCUT2D eigenvalue weighted by atomic mass is 32.2. The molecule has 0 fully saturated rings.